The van der Waals surface area contributed by atoms with Gasteiger partial charge in [0.15, 0.2) is 0 Å². The van der Waals surface area contributed by atoms with E-state index in [1.54, 1.807) is 0 Å². The van der Waals surface area contributed by atoms with Crippen LogP contribution in [0.3, 0.4) is 0 Å². The highest BCUT2D eigenvalue weighted by Gasteiger charge is 2.13. The van der Waals surface area contributed by atoms with E-state index in [1.165, 1.54) is 37.7 Å². The van der Waals surface area contributed by atoms with Crippen LogP contribution in [0.2, 0.25) is 0 Å². The fourth-order valence-corrected chi connectivity index (χ4v) is 2.70. The lowest BCUT2D eigenvalue weighted by Gasteiger charge is -2.22. The van der Waals surface area contributed by atoms with Gasteiger partial charge in [0.05, 0.1) is 24.3 Å². The van der Waals surface area contributed by atoms with Gasteiger partial charge in [-0.15, -0.1) is 0 Å². The second-order valence-corrected chi connectivity index (χ2v) is 5.54. The van der Waals surface area contributed by atoms with E-state index in [4.69, 9.17) is 10.00 Å². The zero-order valence-corrected chi connectivity index (χ0v) is 12.3. The summed E-state index contributed by atoms with van der Waals surface area (Å²) in [6.45, 7) is 3.80. The van der Waals surface area contributed by atoms with Gasteiger partial charge >= 0.3 is 0 Å². The van der Waals surface area contributed by atoms with Crippen molar-refractivity contribution < 1.29 is 4.74 Å². The summed E-state index contributed by atoms with van der Waals surface area (Å²) in [5.41, 5.74) is 1.92. The summed E-state index contributed by atoms with van der Waals surface area (Å²) in [5, 5.41) is 12.3. The predicted octanol–water partition coefficient (Wildman–Crippen LogP) is 3.56. The number of hydrogen-bond donors (Lipinski definition) is 1. The zero-order valence-electron chi connectivity index (χ0n) is 12.3. The first-order valence-electron chi connectivity index (χ1n) is 7.64. The number of nitrogens with zero attached hydrogens (tertiary/aromatic N) is 1. The third kappa shape index (κ3) is 4.63. The Kier molecular flexibility index (Phi) is 6.04. The highest BCUT2D eigenvalue weighted by molar-refractivity contribution is 5.32. The molecule has 0 spiro atoms. The molecule has 0 radical (unpaired) electrons. The molecule has 1 aromatic carbocycles. The van der Waals surface area contributed by atoms with Crippen molar-refractivity contribution >= 4 is 0 Å². The van der Waals surface area contributed by atoms with Gasteiger partial charge in [-0.3, -0.25) is 0 Å². The Morgan fingerprint density at radius 3 is 2.60 bits per heavy atom. The molecule has 1 aromatic rings. The lowest BCUT2D eigenvalue weighted by atomic mass is 9.98. The molecule has 1 unspecified atom stereocenters. The number of benzene rings is 1. The third-order valence-corrected chi connectivity index (χ3v) is 4.00. The average molecular weight is 272 g/mol. The minimum Gasteiger partial charge on any atom is -0.377 e. The molecule has 0 bridgehead atoms. The van der Waals surface area contributed by atoms with Gasteiger partial charge < -0.3 is 10.1 Å². The maximum Gasteiger partial charge on any atom is 0.0991 e. The van der Waals surface area contributed by atoms with Crippen molar-refractivity contribution in [3.63, 3.8) is 0 Å². The van der Waals surface area contributed by atoms with Crippen molar-refractivity contribution in [2.24, 2.45) is 0 Å². The maximum atomic E-state index is 8.78. The van der Waals surface area contributed by atoms with Crippen LogP contribution in [0.4, 0.5) is 0 Å². The van der Waals surface area contributed by atoms with Crippen molar-refractivity contribution in [1.29, 1.82) is 5.26 Å². The van der Waals surface area contributed by atoms with E-state index >= 15 is 0 Å². The second-order valence-electron chi connectivity index (χ2n) is 5.54. The monoisotopic (exact) mass is 272 g/mol. The molecular formula is C17H24N2O. The number of rotatable bonds is 6. The molecule has 3 heteroatoms. The molecule has 0 saturated heterocycles. The summed E-state index contributed by atoms with van der Waals surface area (Å²) in [7, 11) is 0. The minimum atomic E-state index is 0.290. The highest BCUT2D eigenvalue weighted by Crippen LogP contribution is 2.20. The van der Waals surface area contributed by atoms with Gasteiger partial charge in [-0.05, 0) is 37.5 Å². The zero-order chi connectivity index (χ0) is 14.2. The van der Waals surface area contributed by atoms with E-state index in [0.717, 1.165) is 13.2 Å². The van der Waals surface area contributed by atoms with E-state index < -0.39 is 0 Å². The van der Waals surface area contributed by atoms with Crippen LogP contribution in [0.5, 0.6) is 0 Å². The standard InChI is InChI=1S/C17H24N2O/c1-14(16-9-7-15(13-18)8-10-16)19-11-12-20-17-5-3-2-4-6-17/h7-10,14,17,19H,2-6,11-12H2,1H3. The lowest BCUT2D eigenvalue weighted by molar-refractivity contribution is 0.0295. The van der Waals surface area contributed by atoms with Crippen LogP contribution in [0, 0.1) is 11.3 Å². The van der Waals surface area contributed by atoms with Crippen LogP contribution in [-0.4, -0.2) is 19.3 Å². The highest BCUT2D eigenvalue weighted by atomic mass is 16.5. The van der Waals surface area contributed by atoms with Crippen LogP contribution in [0.15, 0.2) is 24.3 Å². The molecule has 20 heavy (non-hydrogen) atoms. The molecule has 1 aliphatic rings. The molecule has 1 fully saturated rings. The molecule has 3 nitrogen and oxygen atoms in total. The second kappa shape index (κ2) is 8.04. The summed E-state index contributed by atoms with van der Waals surface area (Å²) < 4.78 is 5.90. The Bertz CT molecular complexity index is 429. The first kappa shape index (κ1) is 15.0. The van der Waals surface area contributed by atoms with Gasteiger partial charge in [-0.25, -0.2) is 0 Å². The Labute approximate surface area is 121 Å². The number of ether oxygens (including phenoxy) is 1. The van der Waals surface area contributed by atoms with Crippen LogP contribution in [-0.2, 0) is 4.74 Å². The van der Waals surface area contributed by atoms with Gasteiger partial charge in [0.25, 0.3) is 0 Å². The van der Waals surface area contributed by atoms with Gasteiger partial charge in [-0.2, -0.15) is 5.26 Å². The third-order valence-electron chi connectivity index (χ3n) is 4.00. The van der Waals surface area contributed by atoms with Crippen LogP contribution < -0.4 is 5.32 Å². The summed E-state index contributed by atoms with van der Waals surface area (Å²) >= 11 is 0. The number of hydrogen-bond acceptors (Lipinski definition) is 3. The van der Waals surface area contributed by atoms with E-state index in [0.29, 0.717) is 11.7 Å². The Morgan fingerprint density at radius 2 is 1.95 bits per heavy atom. The maximum absolute atomic E-state index is 8.78. The largest absolute Gasteiger partial charge is 0.377 e. The Hall–Kier alpha value is -1.37. The SMILES string of the molecule is CC(NCCOC1CCCCC1)c1ccc(C#N)cc1. The van der Waals surface area contributed by atoms with Gasteiger partial charge in [-0.1, -0.05) is 31.4 Å². The molecule has 0 amide bonds. The van der Waals surface area contributed by atoms with Crippen molar-refractivity contribution in [1.82, 2.24) is 5.32 Å². The fraction of sp³-hybridized carbons (Fsp3) is 0.588. The van der Waals surface area contributed by atoms with Crippen LogP contribution in [0.1, 0.15) is 56.2 Å². The molecule has 1 N–H and O–H groups in total. The number of nitriles is 1. The van der Waals surface area contributed by atoms with Crippen molar-refractivity contribution in [2.45, 2.75) is 51.2 Å². The normalized spacial score (nSPS) is 17.6. The molecule has 0 aromatic heterocycles. The number of nitrogens with one attached hydrogen (secondary N) is 1. The van der Waals surface area contributed by atoms with E-state index in [9.17, 15) is 0 Å². The fourth-order valence-electron chi connectivity index (χ4n) is 2.70. The van der Waals surface area contributed by atoms with Crippen molar-refractivity contribution in [3.05, 3.63) is 35.4 Å². The van der Waals surface area contributed by atoms with Gasteiger partial charge in [0.2, 0.25) is 0 Å². The molecule has 108 valence electrons. The first-order chi connectivity index (χ1) is 9.79. The van der Waals surface area contributed by atoms with Gasteiger partial charge in [0.1, 0.15) is 0 Å². The molecule has 0 aliphatic heterocycles. The average Bonchev–Trinajstić information content (AvgIpc) is 2.52. The van der Waals surface area contributed by atoms with Crippen LogP contribution in [0.25, 0.3) is 0 Å². The summed E-state index contributed by atoms with van der Waals surface area (Å²) in [6.07, 6.45) is 6.94. The van der Waals surface area contributed by atoms with Crippen molar-refractivity contribution in [2.75, 3.05) is 13.2 Å². The van der Waals surface area contributed by atoms with E-state index in [2.05, 4.69) is 18.3 Å². The minimum absolute atomic E-state index is 0.290. The predicted molar refractivity (Wildman–Crippen MR) is 80.4 cm³/mol. The summed E-state index contributed by atoms with van der Waals surface area (Å²) in [4.78, 5) is 0. The smallest absolute Gasteiger partial charge is 0.0991 e. The van der Waals surface area contributed by atoms with Crippen molar-refractivity contribution in [3.8, 4) is 6.07 Å². The molecule has 1 atom stereocenters. The summed E-state index contributed by atoms with van der Waals surface area (Å²) in [6, 6.07) is 10.2. The quantitative estimate of drug-likeness (QED) is 0.805. The topological polar surface area (TPSA) is 45.0 Å². The molecule has 0 heterocycles. The Balaban J connectivity index is 1.66. The summed E-state index contributed by atoms with van der Waals surface area (Å²) in [5.74, 6) is 0. The molecular weight excluding hydrogens is 248 g/mol. The van der Waals surface area contributed by atoms with E-state index in [-0.39, 0.29) is 6.04 Å². The Morgan fingerprint density at radius 1 is 1.25 bits per heavy atom. The lowest BCUT2D eigenvalue weighted by Crippen LogP contribution is -2.26. The van der Waals surface area contributed by atoms with Gasteiger partial charge in [0, 0.05) is 12.6 Å². The first-order valence-corrected chi connectivity index (χ1v) is 7.64. The van der Waals surface area contributed by atoms with E-state index in [1.807, 2.05) is 24.3 Å². The van der Waals surface area contributed by atoms with Crippen LogP contribution >= 0.6 is 0 Å². The molecule has 1 aliphatic carbocycles. The molecule has 1 saturated carbocycles. The molecule has 2 rings (SSSR count).